The highest BCUT2D eigenvalue weighted by molar-refractivity contribution is 5.75. The molecule has 0 aromatic carbocycles. The summed E-state index contributed by atoms with van der Waals surface area (Å²) in [6.45, 7) is 2.92. The third-order valence-electron chi connectivity index (χ3n) is 2.57. The second kappa shape index (κ2) is 4.49. The number of nitrogens with zero attached hydrogens (tertiary/aromatic N) is 2. The van der Waals surface area contributed by atoms with Crippen molar-refractivity contribution in [1.82, 2.24) is 9.97 Å². The van der Waals surface area contributed by atoms with Gasteiger partial charge in [0.05, 0.1) is 18.9 Å². The Kier molecular flexibility index (Phi) is 3.06. The first kappa shape index (κ1) is 10.2. The van der Waals surface area contributed by atoms with Crippen molar-refractivity contribution in [3.63, 3.8) is 0 Å². The fourth-order valence-electron chi connectivity index (χ4n) is 1.73. The molecule has 0 saturated heterocycles. The number of hydrogen-bond acceptors (Lipinski definition) is 4. The number of fused-ring (bicyclic) bond motifs is 1. The third-order valence-corrected chi connectivity index (χ3v) is 2.57. The quantitative estimate of drug-likeness (QED) is 0.742. The minimum absolute atomic E-state index is 0.194. The van der Waals surface area contributed by atoms with Crippen molar-refractivity contribution in [2.75, 3.05) is 6.61 Å². The minimum Gasteiger partial charge on any atom is -0.376 e. The van der Waals surface area contributed by atoms with E-state index in [1.807, 2.05) is 0 Å². The van der Waals surface area contributed by atoms with Crippen LogP contribution in [0.3, 0.4) is 0 Å². The van der Waals surface area contributed by atoms with E-state index in [9.17, 15) is 4.79 Å². The van der Waals surface area contributed by atoms with Crippen LogP contribution in [0, 0.1) is 0 Å². The Morgan fingerprint density at radius 3 is 3.20 bits per heavy atom. The van der Waals surface area contributed by atoms with Gasteiger partial charge in [-0.2, -0.15) is 0 Å². The van der Waals surface area contributed by atoms with E-state index >= 15 is 0 Å². The van der Waals surface area contributed by atoms with Crippen molar-refractivity contribution in [2.45, 2.75) is 32.8 Å². The number of carbonyl (C=O) groups is 1. The molecule has 2 heterocycles. The minimum atomic E-state index is 0.194. The molecule has 80 valence electrons. The lowest BCUT2D eigenvalue weighted by atomic mass is 10.0. The van der Waals surface area contributed by atoms with Crippen LogP contribution in [-0.2, 0) is 29.0 Å². The molecule has 0 saturated carbocycles. The van der Waals surface area contributed by atoms with Gasteiger partial charge in [-0.05, 0) is 13.3 Å². The summed E-state index contributed by atoms with van der Waals surface area (Å²) in [5, 5.41) is 0. The van der Waals surface area contributed by atoms with Crippen LogP contribution >= 0.6 is 0 Å². The molecule has 1 aromatic heterocycles. The maximum Gasteiger partial charge on any atom is 0.130 e. The number of carbonyl (C=O) groups excluding carboxylic acids is 1. The molecule has 1 aromatic rings. The number of aromatic nitrogens is 2. The van der Waals surface area contributed by atoms with Gasteiger partial charge >= 0.3 is 0 Å². The van der Waals surface area contributed by atoms with E-state index in [0.29, 0.717) is 19.4 Å². The normalized spacial score (nSPS) is 14.7. The van der Waals surface area contributed by atoms with Gasteiger partial charge in [-0.15, -0.1) is 0 Å². The first-order valence-corrected chi connectivity index (χ1v) is 5.16. The Morgan fingerprint density at radius 1 is 1.53 bits per heavy atom. The van der Waals surface area contributed by atoms with Crippen LogP contribution in [-0.4, -0.2) is 22.4 Å². The zero-order valence-electron chi connectivity index (χ0n) is 8.82. The molecule has 4 nitrogen and oxygen atoms in total. The molecule has 0 unspecified atom stereocenters. The highest BCUT2D eigenvalue weighted by Gasteiger charge is 2.15. The Labute approximate surface area is 88.7 Å². The summed E-state index contributed by atoms with van der Waals surface area (Å²) in [6.07, 6.45) is 3.68. The maximum atomic E-state index is 10.9. The van der Waals surface area contributed by atoms with Crippen LogP contribution in [0.5, 0.6) is 0 Å². The van der Waals surface area contributed by atoms with Crippen molar-refractivity contribution in [2.24, 2.45) is 0 Å². The van der Waals surface area contributed by atoms with E-state index in [1.165, 1.54) is 0 Å². The molecule has 0 spiro atoms. The zero-order chi connectivity index (χ0) is 10.7. The number of rotatable bonds is 3. The first-order chi connectivity index (χ1) is 7.27. The predicted octanol–water partition coefficient (Wildman–Crippen LogP) is 1.07. The summed E-state index contributed by atoms with van der Waals surface area (Å²) >= 11 is 0. The molecule has 4 heteroatoms. The molecule has 0 fully saturated rings. The van der Waals surface area contributed by atoms with Gasteiger partial charge in [-0.25, -0.2) is 9.97 Å². The van der Waals surface area contributed by atoms with E-state index in [1.54, 1.807) is 13.3 Å². The van der Waals surface area contributed by atoms with Crippen LogP contribution < -0.4 is 0 Å². The van der Waals surface area contributed by atoms with Crippen molar-refractivity contribution < 1.29 is 9.53 Å². The molecule has 2 rings (SSSR count). The molecule has 15 heavy (non-hydrogen) atoms. The summed E-state index contributed by atoms with van der Waals surface area (Å²) in [5.74, 6) is 0.194. The fraction of sp³-hybridized carbons (Fsp3) is 0.545. The van der Waals surface area contributed by atoms with Crippen molar-refractivity contribution in [3.8, 4) is 0 Å². The molecular formula is C11H14N2O2. The zero-order valence-corrected chi connectivity index (χ0v) is 8.82. The standard InChI is InChI=1S/C11H14N2O2/c1-8(14)2-3-10-9-6-15-5-4-11(9)13-7-12-10/h7H,2-6H2,1H3. The van der Waals surface area contributed by atoms with Gasteiger partial charge in [-0.1, -0.05) is 0 Å². The van der Waals surface area contributed by atoms with E-state index in [2.05, 4.69) is 9.97 Å². The molecule has 0 atom stereocenters. The average molecular weight is 206 g/mol. The van der Waals surface area contributed by atoms with Crippen LogP contribution in [0.25, 0.3) is 0 Å². The van der Waals surface area contributed by atoms with E-state index in [4.69, 9.17) is 4.74 Å². The smallest absolute Gasteiger partial charge is 0.130 e. The lowest BCUT2D eigenvalue weighted by Gasteiger charge is -2.17. The summed E-state index contributed by atoms with van der Waals surface area (Å²) < 4.78 is 5.38. The lowest BCUT2D eigenvalue weighted by molar-refractivity contribution is -0.117. The Hall–Kier alpha value is -1.29. The molecule has 0 N–H and O–H groups in total. The Balaban J connectivity index is 2.19. The molecule has 1 aliphatic rings. The second-order valence-corrected chi connectivity index (χ2v) is 3.75. The monoisotopic (exact) mass is 206 g/mol. The largest absolute Gasteiger partial charge is 0.376 e. The van der Waals surface area contributed by atoms with Crippen LogP contribution in [0.1, 0.15) is 30.3 Å². The van der Waals surface area contributed by atoms with Crippen LogP contribution in [0.4, 0.5) is 0 Å². The Bertz CT molecular complexity index is 377. The summed E-state index contributed by atoms with van der Waals surface area (Å²) in [7, 11) is 0. The number of ether oxygens (including phenoxy) is 1. The predicted molar refractivity (Wildman–Crippen MR) is 54.4 cm³/mol. The number of ketones is 1. The molecule has 1 aliphatic heterocycles. The highest BCUT2D eigenvalue weighted by Crippen LogP contribution is 2.18. The van der Waals surface area contributed by atoms with Gasteiger partial charge in [-0.3, -0.25) is 0 Å². The number of Topliss-reactive ketones (excluding diaryl/α,β-unsaturated/α-hetero) is 1. The molecule has 0 radical (unpaired) electrons. The molecule has 0 amide bonds. The highest BCUT2D eigenvalue weighted by atomic mass is 16.5. The van der Waals surface area contributed by atoms with E-state index in [0.717, 1.165) is 30.0 Å². The summed E-state index contributed by atoms with van der Waals surface area (Å²) in [5.41, 5.74) is 3.13. The van der Waals surface area contributed by atoms with Gasteiger partial charge in [0.2, 0.25) is 0 Å². The van der Waals surface area contributed by atoms with Gasteiger partial charge < -0.3 is 9.53 Å². The number of hydrogen-bond donors (Lipinski definition) is 0. The van der Waals surface area contributed by atoms with E-state index in [-0.39, 0.29) is 5.78 Å². The molecule has 0 bridgehead atoms. The van der Waals surface area contributed by atoms with Gasteiger partial charge in [0, 0.05) is 24.1 Å². The summed E-state index contributed by atoms with van der Waals surface area (Å²) in [4.78, 5) is 19.4. The lowest BCUT2D eigenvalue weighted by Crippen LogP contribution is -2.15. The van der Waals surface area contributed by atoms with Crippen molar-refractivity contribution >= 4 is 5.78 Å². The SMILES string of the molecule is CC(=O)CCc1ncnc2c1COCC2. The second-order valence-electron chi connectivity index (χ2n) is 3.75. The van der Waals surface area contributed by atoms with Crippen LogP contribution in [0.15, 0.2) is 6.33 Å². The van der Waals surface area contributed by atoms with Gasteiger partial charge in [0.1, 0.15) is 12.1 Å². The topological polar surface area (TPSA) is 52.1 Å². The maximum absolute atomic E-state index is 10.9. The Morgan fingerprint density at radius 2 is 2.40 bits per heavy atom. The average Bonchev–Trinajstić information content (AvgIpc) is 2.26. The van der Waals surface area contributed by atoms with Gasteiger partial charge in [0.15, 0.2) is 0 Å². The van der Waals surface area contributed by atoms with Crippen molar-refractivity contribution in [3.05, 3.63) is 23.3 Å². The van der Waals surface area contributed by atoms with Gasteiger partial charge in [0.25, 0.3) is 0 Å². The molecular weight excluding hydrogens is 192 g/mol. The summed E-state index contributed by atoms with van der Waals surface area (Å²) in [6, 6.07) is 0. The van der Waals surface area contributed by atoms with E-state index < -0.39 is 0 Å². The number of aryl methyl sites for hydroxylation is 1. The van der Waals surface area contributed by atoms with Crippen molar-refractivity contribution in [1.29, 1.82) is 0 Å². The fourth-order valence-corrected chi connectivity index (χ4v) is 1.73. The van der Waals surface area contributed by atoms with Crippen LogP contribution in [0.2, 0.25) is 0 Å². The third kappa shape index (κ3) is 2.39. The first-order valence-electron chi connectivity index (χ1n) is 5.16. The molecule has 0 aliphatic carbocycles.